The van der Waals surface area contributed by atoms with E-state index in [1.165, 1.54) is 27.6 Å². The van der Waals surface area contributed by atoms with Crippen LogP contribution in [0.1, 0.15) is 47.5 Å². The number of anilines is 1. The van der Waals surface area contributed by atoms with Gasteiger partial charge in [-0.15, -0.1) is 11.3 Å². The number of halogens is 3. The fourth-order valence-electron chi connectivity index (χ4n) is 4.88. The fourth-order valence-corrected chi connectivity index (χ4v) is 6.15. The molecule has 0 bridgehead atoms. The Balaban J connectivity index is 1.52. The summed E-state index contributed by atoms with van der Waals surface area (Å²) in [6.45, 7) is 1.82. The van der Waals surface area contributed by atoms with Crippen LogP contribution in [0, 0.1) is 0 Å². The van der Waals surface area contributed by atoms with Crippen LogP contribution in [0.3, 0.4) is 0 Å². The number of alkyl halides is 3. The highest BCUT2D eigenvalue weighted by Crippen LogP contribution is 2.35. The number of nitrogens with zero attached hydrogens (tertiary/aromatic N) is 3. The standard InChI is InChI=1S/C24H25F3N4O2S/c25-24(26,27)16-8-2-3-9-17(16)28-20(32)14-31-19(13-30-11-5-6-12-30)29-22-21(23(31)33)15-7-1-4-10-18(15)34-22/h2-3,8-9H,1,4-7,10-14H2,(H,28,32). The number of likely N-dealkylation sites (tertiary alicyclic amines) is 1. The van der Waals surface area contributed by atoms with Crippen molar-refractivity contribution in [1.82, 2.24) is 14.5 Å². The molecule has 0 atom stereocenters. The third-order valence-corrected chi connectivity index (χ3v) is 7.71. The molecule has 2 aromatic heterocycles. The second-order valence-electron chi connectivity index (χ2n) is 8.89. The molecular formula is C24H25F3N4O2S. The number of fused-ring (bicyclic) bond motifs is 3. The molecule has 10 heteroatoms. The molecule has 1 N–H and O–H groups in total. The first kappa shape index (κ1) is 23.0. The second-order valence-corrected chi connectivity index (χ2v) is 9.97. The van der Waals surface area contributed by atoms with E-state index in [0.717, 1.165) is 63.2 Å². The summed E-state index contributed by atoms with van der Waals surface area (Å²) in [5.74, 6) is -0.205. The molecule has 0 saturated carbocycles. The van der Waals surface area contributed by atoms with Gasteiger partial charge in [0.2, 0.25) is 5.91 Å². The lowest BCUT2D eigenvalue weighted by Gasteiger charge is -2.19. The van der Waals surface area contributed by atoms with Crippen LogP contribution < -0.4 is 10.9 Å². The van der Waals surface area contributed by atoms with Gasteiger partial charge in [0.15, 0.2) is 0 Å². The van der Waals surface area contributed by atoms with Gasteiger partial charge < -0.3 is 5.32 Å². The van der Waals surface area contributed by atoms with Gasteiger partial charge in [-0.05, 0) is 69.3 Å². The molecule has 0 radical (unpaired) electrons. The van der Waals surface area contributed by atoms with E-state index in [1.54, 1.807) is 11.3 Å². The zero-order chi connectivity index (χ0) is 23.9. The van der Waals surface area contributed by atoms with E-state index in [-0.39, 0.29) is 17.8 Å². The smallest absolute Gasteiger partial charge is 0.324 e. The normalized spacial score (nSPS) is 16.7. The minimum atomic E-state index is -4.60. The van der Waals surface area contributed by atoms with Gasteiger partial charge in [-0.3, -0.25) is 19.1 Å². The maximum absolute atomic E-state index is 13.6. The summed E-state index contributed by atoms with van der Waals surface area (Å²) >= 11 is 1.55. The average molecular weight is 491 g/mol. The number of rotatable bonds is 5. The van der Waals surface area contributed by atoms with Gasteiger partial charge in [0.25, 0.3) is 5.56 Å². The summed E-state index contributed by atoms with van der Waals surface area (Å²) in [5, 5.41) is 2.92. The molecule has 1 aliphatic heterocycles. The Morgan fingerprint density at radius 2 is 1.82 bits per heavy atom. The van der Waals surface area contributed by atoms with Crippen LogP contribution >= 0.6 is 11.3 Å². The summed E-state index contributed by atoms with van der Waals surface area (Å²) in [6.07, 6.45) is 1.34. The van der Waals surface area contributed by atoms with Gasteiger partial charge in [-0.25, -0.2) is 4.98 Å². The molecule has 1 amide bonds. The SMILES string of the molecule is O=C(Cn1c(CN2CCCC2)nc2sc3c(c2c1=O)CCCC3)Nc1ccccc1C(F)(F)F. The van der Waals surface area contributed by atoms with Gasteiger partial charge >= 0.3 is 6.18 Å². The van der Waals surface area contributed by atoms with E-state index in [2.05, 4.69) is 10.2 Å². The van der Waals surface area contributed by atoms with Crippen molar-refractivity contribution in [1.29, 1.82) is 0 Å². The Morgan fingerprint density at radius 3 is 2.59 bits per heavy atom. The first-order chi connectivity index (χ1) is 16.3. The third-order valence-electron chi connectivity index (χ3n) is 6.53. The number of hydrogen-bond acceptors (Lipinski definition) is 5. The van der Waals surface area contributed by atoms with Crippen molar-refractivity contribution < 1.29 is 18.0 Å². The van der Waals surface area contributed by atoms with Gasteiger partial charge in [-0.1, -0.05) is 12.1 Å². The van der Waals surface area contributed by atoms with E-state index in [9.17, 15) is 22.8 Å². The molecule has 2 aliphatic rings. The number of aryl methyl sites for hydroxylation is 2. The number of para-hydroxylation sites is 1. The lowest BCUT2D eigenvalue weighted by Crippen LogP contribution is -2.34. The molecule has 34 heavy (non-hydrogen) atoms. The summed E-state index contributed by atoms with van der Waals surface area (Å²) in [4.78, 5) is 35.4. The Morgan fingerprint density at radius 1 is 1.09 bits per heavy atom. The van der Waals surface area contributed by atoms with E-state index in [4.69, 9.17) is 4.98 Å². The minimum absolute atomic E-state index is 0.280. The van der Waals surface area contributed by atoms with Gasteiger partial charge in [-0.2, -0.15) is 13.2 Å². The summed E-state index contributed by atoms with van der Waals surface area (Å²) in [6, 6.07) is 4.84. The maximum Gasteiger partial charge on any atom is 0.418 e. The quantitative estimate of drug-likeness (QED) is 0.568. The van der Waals surface area contributed by atoms with Crippen LogP contribution in [0.5, 0.6) is 0 Å². The zero-order valence-electron chi connectivity index (χ0n) is 18.6. The largest absolute Gasteiger partial charge is 0.418 e. The van der Waals surface area contributed by atoms with Crippen molar-refractivity contribution in [3.63, 3.8) is 0 Å². The Kier molecular flexibility index (Phi) is 6.20. The van der Waals surface area contributed by atoms with E-state index < -0.39 is 17.6 Å². The molecule has 3 heterocycles. The van der Waals surface area contributed by atoms with Crippen LogP contribution in [0.15, 0.2) is 29.1 Å². The Hall–Kier alpha value is -2.72. The number of carbonyl (C=O) groups is 1. The molecule has 0 spiro atoms. The summed E-state index contributed by atoms with van der Waals surface area (Å²) < 4.78 is 41.4. The van der Waals surface area contributed by atoms with Crippen LogP contribution in [0.25, 0.3) is 10.2 Å². The van der Waals surface area contributed by atoms with Gasteiger partial charge in [0.1, 0.15) is 17.2 Å². The van der Waals surface area contributed by atoms with E-state index in [1.807, 2.05) is 0 Å². The maximum atomic E-state index is 13.6. The molecule has 6 nitrogen and oxygen atoms in total. The molecule has 0 unspecified atom stereocenters. The average Bonchev–Trinajstić information content (AvgIpc) is 3.43. The minimum Gasteiger partial charge on any atom is -0.324 e. The monoisotopic (exact) mass is 490 g/mol. The van der Waals surface area contributed by atoms with Crippen LogP contribution in [0.4, 0.5) is 18.9 Å². The zero-order valence-corrected chi connectivity index (χ0v) is 19.4. The number of carbonyl (C=O) groups excluding carboxylic acids is 1. The van der Waals surface area contributed by atoms with Crippen molar-refractivity contribution in [2.75, 3.05) is 18.4 Å². The van der Waals surface area contributed by atoms with E-state index in [0.29, 0.717) is 22.6 Å². The number of hydrogen-bond donors (Lipinski definition) is 1. The number of amides is 1. The molecule has 1 fully saturated rings. The molecule has 1 aromatic carbocycles. The molecule has 1 aliphatic carbocycles. The second kappa shape index (κ2) is 9.14. The highest BCUT2D eigenvalue weighted by atomic mass is 32.1. The Bertz CT molecular complexity index is 1290. The number of benzene rings is 1. The van der Waals surface area contributed by atoms with Crippen LogP contribution in [-0.2, 0) is 36.9 Å². The predicted molar refractivity (Wildman–Crippen MR) is 125 cm³/mol. The topological polar surface area (TPSA) is 67.2 Å². The van der Waals surface area contributed by atoms with Crippen LogP contribution in [0.2, 0.25) is 0 Å². The highest BCUT2D eigenvalue weighted by molar-refractivity contribution is 7.18. The van der Waals surface area contributed by atoms with Crippen molar-refractivity contribution in [2.45, 2.75) is 57.8 Å². The fraction of sp³-hybridized carbons (Fsp3) is 0.458. The molecule has 5 rings (SSSR count). The number of nitrogens with one attached hydrogen (secondary N) is 1. The van der Waals surface area contributed by atoms with Crippen molar-refractivity contribution in [2.24, 2.45) is 0 Å². The summed E-state index contributed by atoms with van der Waals surface area (Å²) in [7, 11) is 0. The van der Waals surface area contributed by atoms with Crippen molar-refractivity contribution in [3.05, 3.63) is 56.4 Å². The van der Waals surface area contributed by atoms with Crippen molar-refractivity contribution in [3.8, 4) is 0 Å². The molecular weight excluding hydrogens is 465 g/mol. The van der Waals surface area contributed by atoms with E-state index >= 15 is 0 Å². The third kappa shape index (κ3) is 4.48. The predicted octanol–water partition coefficient (Wildman–Crippen LogP) is 4.59. The summed E-state index contributed by atoms with van der Waals surface area (Å²) in [5.41, 5.74) is -0.504. The van der Waals surface area contributed by atoms with Crippen LogP contribution in [-0.4, -0.2) is 33.4 Å². The number of thiophene rings is 1. The number of aromatic nitrogens is 2. The van der Waals surface area contributed by atoms with Gasteiger partial charge in [0.05, 0.1) is 23.2 Å². The Labute approximate surface area is 198 Å². The van der Waals surface area contributed by atoms with Gasteiger partial charge in [0, 0.05) is 4.88 Å². The molecule has 1 saturated heterocycles. The first-order valence-corrected chi connectivity index (χ1v) is 12.4. The highest BCUT2D eigenvalue weighted by Gasteiger charge is 2.33. The first-order valence-electron chi connectivity index (χ1n) is 11.5. The van der Waals surface area contributed by atoms with Crippen molar-refractivity contribution >= 4 is 33.1 Å². The lowest BCUT2D eigenvalue weighted by atomic mass is 9.97. The lowest BCUT2D eigenvalue weighted by molar-refractivity contribution is -0.137. The molecule has 3 aromatic rings. The molecule has 180 valence electrons.